The number of hydrogen-bond acceptors (Lipinski definition) is 25. The SMILES string of the molecule is C[C@@H](NC(=O)c1ccc(NNC(=O)CCCNC(=O)CCC(C(=O)O)N2CCN(C(CCC(=O)NCCCC(N)=O)C(=O)O)CCN(C(CCC(=O)NCCCC(=O)NNc3ccc(C(=O)N[C@H](C)C(=O)N4CCCC4)cc3)C(=O)O)CCN(C(CCC(=O)NCCCC(=O)NNc3ccc(C(=O)N[C@H](C)C(=O)N4CCCC4)cc3)C(=O)O)CC2)cc1)C(=O)N1CCCC1. The molecule has 4 saturated heterocycles. The first kappa shape index (κ1) is 103. The van der Waals surface area contributed by atoms with Gasteiger partial charge in [0.2, 0.25) is 65.0 Å². The summed E-state index contributed by atoms with van der Waals surface area (Å²) in [4.78, 5) is 246. The lowest BCUT2D eigenvalue weighted by atomic mass is 10.1. The lowest BCUT2D eigenvalue weighted by Crippen LogP contribution is -2.56. The van der Waals surface area contributed by atoms with Crippen molar-refractivity contribution in [1.82, 2.24) is 87.8 Å². The Morgan fingerprint density at radius 2 is 0.504 bits per heavy atom. The van der Waals surface area contributed by atoms with Gasteiger partial charge in [0.1, 0.15) is 42.3 Å². The van der Waals surface area contributed by atoms with Crippen LogP contribution in [-0.4, -0.2) is 321 Å². The van der Waals surface area contributed by atoms with E-state index in [0.29, 0.717) is 56.3 Å². The molecule has 43 nitrogen and oxygen atoms in total. The Bertz CT molecular complexity index is 4130. The summed E-state index contributed by atoms with van der Waals surface area (Å²) in [5.74, 6) is -12.0. The molecule has 4 heterocycles. The van der Waals surface area contributed by atoms with E-state index in [1.165, 1.54) is 56.0 Å². The molecule has 0 bridgehead atoms. The maximum Gasteiger partial charge on any atom is 0.320 e. The lowest BCUT2D eigenvalue weighted by Gasteiger charge is -2.40. The minimum atomic E-state index is -1.53. The number of benzene rings is 3. The highest BCUT2D eigenvalue weighted by atomic mass is 16.4. The van der Waals surface area contributed by atoms with E-state index in [0.717, 1.165) is 38.5 Å². The van der Waals surface area contributed by atoms with E-state index < -0.39 is 150 Å². The molecule has 0 saturated carbocycles. The van der Waals surface area contributed by atoms with Crippen LogP contribution in [0.3, 0.4) is 0 Å². The van der Waals surface area contributed by atoms with E-state index in [2.05, 4.69) is 69.8 Å². The number of hydrogen-bond donors (Lipinski definition) is 18. The highest BCUT2D eigenvalue weighted by Gasteiger charge is 2.37. The second-order valence-corrected chi connectivity index (χ2v) is 32.4. The van der Waals surface area contributed by atoms with Gasteiger partial charge in [0, 0.05) is 186 Å². The van der Waals surface area contributed by atoms with Crippen LogP contribution < -0.4 is 75.5 Å². The average Bonchev–Trinajstić information content (AvgIpc) is 1.51. The number of hydrazine groups is 3. The summed E-state index contributed by atoms with van der Waals surface area (Å²) in [6, 6.07) is 10.1. The number of carbonyl (C=O) groups excluding carboxylic acids is 14. The van der Waals surface area contributed by atoms with Crippen molar-refractivity contribution in [3.05, 3.63) is 89.5 Å². The first-order chi connectivity index (χ1) is 61.7. The summed E-state index contributed by atoms with van der Waals surface area (Å²) in [6.07, 6.45) is 2.69. The number of nitrogens with zero attached hydrogens (tertiary/aromatic N) is 7. The Balaban J connectivity index is 1.00. The van der Waals surface area contributed by atoms with E-state index in [4.69, 9.17) is 5.73 Å². The number of nitrogens with one attached hydrogen (secondary N) is 13. The number of aliphatic carboxylic acids is 4. The van der Waals surface area contributed by atoms with Crippen LogP contribution in [0.15, 0.2) is 72.8 Å². The zero-order chi connectivity index (χ0) is 93.9. The Morgan fingerprint density at radius 1 is 0.295 bits per heavy atom. The van der Waals surface area contributed by atoms with Crippen molar-refractivity contribution in [3.8, 4) is 0 Å². The normalized spacial score (nSPS) is 16.3. The van der Waals surface area contributed by atoms with Gasteiger partial charge in [0.25, 0.3) is 17.7 Å². The molecule has 708 valence electrons. The zero-order valence-corrected chi connectivity index (χ0v) is 73.6. The summed E-state index contributed by atoms with van der Waals surface area (Å²) < 4.78 is 0. The maximum absolute atomic E-state index is 13.6. The number of primary amides is 1. The van der Waals surface area contributed by atoms with Crippen LogP contribution in [0.2, 0.25) is 0 Å². The monoisotopic (exact) mass is 1810 g/mol. The van der Waals surface area contributed by atoms with Crippen molar-refractivity contribution in [2.45, 2.75) is 204 Å². The molecule has 4 aliphatic heterocycles. The second kappa shape index (κ2) is 54.5. The first-order valence-corrected chi connectivity index (χ1v) is 44.2. The van der Waals surface area contributed by atoms with Gasteiger partial charge in [-0.05, 0) is 183 Å². The van der Waals surface area contributed by atoms with E-state index in [1.54, 1.807) is 71.9 Å². The molecule has 4 unspecified atom stereocenters. The summed E-state index contributed by atoms with van der Waals surface area (Å²) in [5, 5.41) is 63.0. The van der Waals surface area contributed by atoms with Crippen LogP contribution in [0.4, 0.5) is 17.1 Å². The van der Waals surface area contributed by atoms with Gasteiger partial charge >= 0.3 is 23.9 Å². The third-order valence-corrected chi connectivity index (χ3v) is 22.7. The number of rotatable bonds is 51. The Kier molecular flexibility index (Phi) is 43.7. The molecule has 43 heteroatoms. The highest BCUT2D eigenvalue weighted by Crippen LogP contribution is 2.22. The number of carboxylic acids is 4. The van der Waals surface area contributed by atoms with Crippen LogP contribution in [0.25, 0.3) is 0 Å². The predicted molar refractivity (Wildman–Crippen MR) is 470 cm³/mol. The fourth-order valence-electron chi connectivity index (χ4n) is 15.3. The standard InChI is InChI=1S/C86H127N21O22/c1-56(80(119)105-42-4-5-43-105)92-77(116)59-18-24-62(25-19-59)95-98-74(113)15-11-39-89-71(110)35-31-66(84(124)125)102-50-48-101(65(83(122)123)30-34-70(109)88-38-10-14-69(87)108)49-51-103(67(85(126)127)32-36-72(111)90-40-12-16-75(114)99-96-63-26-20-60(21-27-63)78(117)93-57(2)81(120)106-44-6-7-45-106)53-55-104(54-52-102)68(86(128)129)33-37-73(112)91-41-13-17-76(115)100-97-64-28-22-61(23-29-64)79(118)94-58(3)82(121)107-46-8-9-47-107/h18-29,56-58,65-68,95-97H,4-17,30-55H2,1-3H3,(H2,87,108)(H,88,109)(H,89,110)(H,90,111)(H,91,112)(H,92,116)(H,93,117)(H,94,118)(H,98,113)(H,99,114)(H,100,115)(H,122,123)(H,124,125)(H,126,127)(H,128,129)/t56-,57-,58-,65?,66?,67?,68?/m1/s1. The molecule has 0 radical (unpaired) electrons. The number of amides is 14. The van der Waals surface area contributed by atoms with Gasteiger partial charge in [0.15, 0.2) is 0 Å². The lowest BCUT2D eigenvalue weighted by molar-refractivity contribution is -0.148. The van der Waals surface area contributed by atoms with Crippen LogP contribution in [0, 0.1) is 0 Å². The van der Waals surface area contributed by atoms with Crippen LogP contribution >= 0.6 is 0 Å². The fourth-order valence-corrected chi connectivity index (χ4v) is 15.3. The molecule has 4 fully saturated rings. The Morgan fingerprint density at radius 3 is 0.705 bits per heavy atom. The third-order valence-electron chi connectivity index (χ3n) is 22.7. The molecule has 0 spiro atoms. The molecular weight excluding hydrogens is 1680 g/mol. The van der Waals surface area contributed by atoms with Gasteiger partial charge in [-0.2, -0.15) is 0 Å². The molecule has 7 atom stereocenters. The van der Waals surface area contributed by atoms with Crippen molar-refractivity contribution >= 4 is 124 Å². The number of anilines is 3. The number of carbonyl (C=O) groups is 18. The Labute approximate surface area is 748 Å². The molecule has 4 aliphatic rings. The maximum atomic E-state index is 13.6. The molecule has 3 aromatic rings. The molecule has 7 rings (SSSR count). The van der Waals surface area contributed by atoms with Crippen molar-refractivity contribution in [3.63, 3.8) is 0 Å². The first-order valence-electron chi connectivity index (χ1n) is 44.2. The third kappa shape index (κ3) is 36.6. The van der Waals surface area contributed by atoms with Crippen LogP contribution in [-0.2, 0) is 71.9 Å². The van der Waals surface area contributed by atoms with Gasteiger partial charge < -0.3 is 78.1 Å². The quantitative estimate of drug-likeness (QED) is 0.0258. The molecule has 19 N–H and O–H groups in total. The van der Waals surface area contributed by atoms with Gasteiger partial charge in [-0.3, -0.25) is 138 Å². The number of nitrogens with two attached hydrogens (primary N) is 1. The van der Waals surface area contributed by atoms with Gasteiger partial charge in [-0.25, -0.2) is 0 Å². The minimum absolute atomic E-state index is 0.0255. The summed E-state index contributed by atoms with van der Waals surface area (Å²) in [7, 11) is 0. The van der Waals surface area contributed by atoms with Gasteiger partial charge in [-0.15, -0.1) is 0 Å². The van der Waals surface area contributed by atoms with Crippen LogP contribution in [0.5, 0.6) is 0 Å². The fraction of sp³-hybridized carbons (Fsp3) is 0.581. The van der Waals surface area contributed by atoms with E-state index >= 15 is 0 Å². The van der Waals surface area contributed by atoms with Crippen molar-refractivity contribution in [1.29, 1.82) is 0 Å². The summed E-state index contributed by atoms with van der Waals surface area (Å²) in [5.41, 5.74) is 23.3. The molecule has 129 heavy (non-hydrogen) atoms. The molecule has 3 aromatic carbocycles. The van der Waals surface area contributed by atoms with Gasteiger partial charge in [-0.1, -0.05) is 0 Å². The molecular formula is C86H127N21O22. The van der Waals surface area contributed by atoms with Crippen molar-refractivity contribution in [2.75, 3.05) is 134 Å². The van der Waals surface area contributed by atoms with Gasteiger partial charge in [0.05, 0.1) is 17.1 Å². The Hall–Kier alpha value is -12.6. The second-order valence-electron chi connectivity index (χ2n) is 32.4. The average molecular weight is 1810 g/mol. The van der Waals surface area contributed by atoms with E-state index in [1.807, 2.05) is 0 Å². The highest BCUT2D eigenvalue weighted by molar-refractivity contribution is 6.00. The van der Waals surface area contributed by atoms with E-state index in [9.17, 15) is 107 Å². The summed E-state index contributed by atoms with van der Waals surface area (Å²) in [6.45, 7) is 6.30. The number of likely N-dealkylation sites (tertiary alicyclic amines) is 3. The molecule has 0 aromatic heterocycles. The van der Waals surface area contributed by atoms with Crippen LogP contribution in [0.1, 0.15) is 193 Å². The van der Waals surface area contributed by atoms with Crippen molar-refractivity contribution in [2.24, 2.45) is 5.73 Å². The number of carboxylic acid groups (broad SMARTS) is 4. The smallest absolute Gasteiger partial charge is 0.320 e. The zero-order valence-electron chi connectivity index (χ0n) is 73.6. The minimum Gasteiger partial charge on any atom is -0.480 e. The molecule has 14 amide bonds. The molecule has 0 aliphatic carbocycles. The largest absolute Gasteiger partial charge is 0.480 e. The van der Waals surface area contributed by atoms with E-state index in [-0.39, 0.29) is 196 Å². The predicted octanol–water partition coefficient (Wildman–Crippen LogP) is -0.135. The topological polar surface area (TPSA) is 593 Å². The summed E-state index contributed by atoms with van der Waals surface area (Å²) >= 11 is 0. The van der Waals surface area contributed by atoms with Crippen molar-refractivity contribution < 1.29 is 107 Å².